The van der Waals surface area contributed by atoms with Crippen molar-refractivity contribution in [3.8, 4) is 23.3 Å². The molecule has 0 aliphatic rings. The van der Waals surface area contributed by atoms with E-state index in [-0.39, 0.29) is 31.5 Å². The van der Waals surface area contributed by atoms with E-state index in [0.29, 0.717) is 11.5 Å². The minimum atomic E-state index is -0.356. The molecule has 0 aliphatic heterocycles. The van der Waals surface area contributed by atoms with Crippen LogP contribution in [-0.4, -0.2) is 30.6 Å². The Labute approximate surface area is 139 Å². The third-order valence-electron chi connectivity index (χ3n) is 2.88. The third kappa shape index (κ3) is 6.36. The van der Waals surface area contributed by atoms with Crippen LogP contribution in [0.2, 0.25) is 0 Å². The average molecular weight is 328 g/mol. The van der Waals surface area contributed by atoms with E-state index in [4.69, 9.17) is 9.47 Å². The summed E-state index contributed by atoms with van der Waals surface area (Å²) in [5.41, 5.74) is 0.916. The van der Waals surface area contributed by atoms with Gasteiger partial charge in [-0.15, -0.1) is 0 Å². The first-order valence-corrected chi connectivity index (χ1v) is 7.30. The molecule has 0 saturated carbocycles. The van der Waals surface area contributed by atoms with Gasteiger partial charge in [-0.1, -0.05) is 11.8 Å². The molecule has 1 N–H and O–H groups in total. The molecule has 1 amide bonds. The molecule has 1 aromatic heterocycles. The number of rotatable bonds is 6. The summed E-state index contributed by atoms with van der Waals surface area (Å²) in [4.78, 5) is 15.7. The fourth-order valence-corrected chi connectivity index (χ4v) is 1.65. The number of nitrogens with zero attached hydrogens (tertiary/aromatic N) is 1. The molecule has 2 rings (SSSR count). The number of pyridine rings is 1. The first-order chi connectivity index (χ1) is 11.6. The van der Waals surface area contributed by atoms with Crippen molar-refractivity contribution in [1.82, 2.24) is 10.3 Å². The highest BCUT2D eigenvalue weighted by molar-refractivity contribution is 5.77. The van der Waals surface area contributed by atoms with Crippen molar-refractivity contribution in [1.29, 1.82) is 0 Å². The minimum Gasteiger partial charge on any atom is -0.484 e. The highest BCUT2D eigenvalue weighted by atomic mass is 19.1. The van der Waals surface area contributed by atoms with E-state index < -0.39 is 0 Å². The molecule has 6 heteroatoms. The summed E-state index contributed by atoms with van der Waals surface area (Å²) in [6.07, 6.45) is 1.63. The number of carbonyl (C=O) groups is 1. The molecular weight excluding hydrogens is 311 g/mol. The fraction of sp³-hybridized carbons (Fsp3) is 0.222. The largest absolute Gasteiger partial charge is 0.484 e. The number of hydrogen-bond donors (Lipinski definition) is 1. The molecule has 1 aromatic carbocycles. The molecule has 0 atom stereocenters. The van der Waals surface area contributed by atoms with Crippen LogP contribution in [0.5, 0.6) is 11.5 Å². The molecule has 124 valence electrons. The lowest BCUT2D eigenvalue weighted by molar-refractivity contribution is -0.122. The summed E-state index contributed by atoms with van der Waals surface area (Å²) in [5, 5.41) is 2.59. The Bertz CT molecular complexity index is 719. The van der Waals surface area contributed by atoms with Crippen molar-refractivity contribution in [3.05, 3.63) is 54.1 Å². The molecule has 0 fully saturated rings. The van der Waals surface area contributed by atoms with Crippen LogP contribution in [0, 0.1) is 24.6 Å². The molecule has 0 aliphatic carbocycles. The van der Waals surface area contributed by atoms with Crippen LogP contribution in [0.1, 0.15) is 5.69 Å². The Hall–Kier alpha value is -3.07. The molecule has 24 heavy (non-hydrogen) atoms. The van der Waals surface area contributed by atoms with Crippen LogP contribution < -0.4 is 14.8 Å². The fourth-order valence-electron chi connectivity index (χ4n) is 1.65. The van der Waals surface area contributed by atoms with Gasteiger partial charge in [0.25, 0.3) is 5.91 Å². The SMILES string of the molecule is Cc1ccc(OCC#CCNC(=O)COc2ccc(F)cc2)cn1. The molecule has 2 aromatic rings. The molecule has 0 spiro atoms. The first-order valence-electron chi connectivity index (χ1n) is 7.30. The van der Waals surface area contributed by atoms with Crippen molar-refractivity contribution in [2.75, 3.05) is 19.8 Å². The van der Waals surface area contributed by atoms with Gasteiger partial charge >= 0.3 is 0 Å². The first kappa shape index (κ1) is 17.3. The molecule has 0 bridgehead atoms. The Kier molecular flexibility index (Phi) is 6.59. The number of hydrogen-bond acceptors (Lipinski definition) is 4. The van der Waals surface area contributed by atoms with Gasteiger partial charge in [0.15, 0.2) is 6.61 Å². The number of amides is 1. The number of nitrogens with one attached hydrogen (secondary N) is 1. The minimum absolute atomic E-state index is 0.154. The quantitative estimate of drug-likeness (QED) is 0.825. The van der Waals surface area contributed by atoms with Gasteiger partial charge in [-0.05, 0) is 43.3 Å². The van der Waals surface area contributed by atoms with Crippen LogP contribution in [-0.2, 0) is 4.79 Å². The normalized spacial score (nSPS) is 9.58. The topological polar surface area (TPSA) is 60.5 Å². The zero-order valence-electron chi connectivity index (χ0n) is 13.2. The zero-order valence-corrected chi connectivity index (χ0v) is 13.2. The Morgan fingerprint density at radius 3 is 2.58 bits per heavy atom. The van der Waals surface area contributed by atoms with Crippen molar-refractivity contribution in [2.24, 2.45) is 0 Å². The zero-order chi connectivity index (χ0) is 17.2. The highest BCUT2D eigenvalue weighted by Crippen LogP contribution is 2.10. The van der Waals surface area contributed by atoms with Gasteiger partial charge in [-0.2, -0.15) is 0 Å². The van der Waals surface area contributed by atoms with E-state index in [1.165, 1.54) is 24.3 Å². The van der Waals surface area contributed by atoms with E-state index in [9.17, 15) is 9.18 Å². The molecule has 0 saturated heterocycles. The number of aromatic nitrogens is 1. The van der Waals surface area contributed by atoms with Crippen molar-refractivity contribution in [3.63, 3.8) is 0 Å². The summed E-state index contributed by atoms with van der Waals surface area (Å²) in [6, 6.07) is 9.12. The molecule has 5 nitrogen and oxygen atoms in total. The number of halogens is 1. The number of aryl methyl sites for hydroxylation is 1. The second-order valence-electron chi connectivity index (χ2n) is 4.80. The second kappa shape index (κ2) is 9.16. The lowest BCUT2D eigenvalue weighted by atomic mass is 10.3. The van der Waals surface area contributed by atoms with Crippen molar-refractivity contribution in [2.45, 2.75) is 6.92 Å². The summed E-state index contributed by atoms with van der Waals surface area (Å²) >= 11 is 0. The average Bonchev–Trinajstić information content (AvgIpc) is 2.59. The van der Waals surface area contributed by atoms with Gasteiger partial charge in [0.05, 0.1) is 12.7 Å². The van der Waals surface area contributed by atoms with E-state index in [2.05, 4.69) is 22.1 Å². The smallest absolute Gasteiger partial charge is 0.258 e. The number of carbonyl (C=O) groups excluding carboxylic acids is 1. The van der Waals surface area contributed by atoms with Gasteiger partial charge in [-0.25, -0.2) is 4.39 Å². The lowest BCUT2D eigenvalue weighted by Gasteiger charge is -2.05. The Morgan fingerprint density at radius 1 is 1.12 bits per heavy atom. The standard InChI is InChI=1S/C18H17FN2O3/c1-14-4-7-17(12-21-14)23-11-3-2-10-20-18(22)13-24-16-8-5-15(19)6-9-16/h4-9,12H,10-11,13H2,1H3,(H,20,22). The van der Waals surface area contributed by atoms with Crippen LogP contribution in [0.25, 0.3) is 0 Å². The van der Waals surface area contributed by atoms with Crippen molar-refractivity contribution < 1.29 is 18.7 Å². The van der Waals surface area contributed by atoms with Gasteiger partial charge in [0, 0.05) is 5.69 Å². The van der Waals surface area contributed by atoms with Crippen LogP contribution in [0.15, 0.2) is 42.6 Å². The van der Waals surface area contributed by atoms with Crippen LogP contribution in [0.4, 0.5) is 4.39 Å². The Balaban J connectivity index is 1.60. The summed E-state index contributed by atoms with van der Waals surface area (Å²) in [5.74, 6) is 5.97. The maximum Gasteiger partial charge on any atom is 0.258 e. The Morgan fingerprint density at radius 2 is 1.88 bits per heavy atom. The maximum atomic E-state index is 12.7. The molecule has 0 radical (unpaired) electrons. The third-order valence-corrected chi connectivity index (χ3v) is 2.88. The summed E-state index contributed by atoms with van der Waals surface area (Å²) < 4.78 is 23.3. The van der Waals surface area contributed by atoms with E-state index in [0.717, 1.165) is 5.69 Å². The van der Waals surface area contributed by atoms with Gasteiger partial charge in [-0.3, -0.25) is 9.78 Å². The molecule has 1 heterocycles. The predicted octanol–water partition coefficient (Wildman–Crippen LogP) is 2.11. The predicted molar refractivity (Wildman–Crippen MR) is 87.1 cm³/mol. The van der Waals surface area contributed by atoms with Gasteiger partial charge < -0.3 is 14.8 Å². The van der Waals surface area contributed by atoms with Gasteiger partial charge in [0.1, 0.15) is 23.9 Å². The van der Waals surface area contributed by atoms with Crippen molar-refractivity contribution >= 4 is 5.91 Å². The number of benzene rings is 1. The highest BCUT2D eigenvalue weighted by Gasteiger charge is 2.01. The molecular formula is C18H17FN2O3. The second-order valence-corrected chi connectivity index (χ2v) is 4.80. The van der Waals surface area contributed by atoms with E-state index in [1.54, 1.807) is 6.20 Å². The van der Waals surface area contributed by atoms with E-state index >= 15 is 0 Å². The monoisotopic (exact) mass is 328 g/mol. The van der Waals surface area contributed by atoms with E-state index in [1.807, 2.05) is 19.1 Å². The summed E-state index contributed by atoms with van der Waals surface area (Å²) in [7, 11) is 0. The maximum absolute atomic E-state index is 12.7. The number of ether oxygens (including phenoxy) is 2. The lowest BCUT2D eigenvalue weighted by Crippen LogP contribution is -2.29. The van der Waals surface area contributed by atoms with Gasteiger partial charge in [0.2, 0.25) is 0 Å². The molecule has 0 unspecified atom stereocenters. The van der Waals surface area contributed by atoms with Crippen LogP contribution in [0.3, 0.4) is 0 Å². The summed E-state index contributed by atoms with van der Waals surface area (Å²) in [6.45, 7) is 2.15. The van der Waals surface area contributed by atoms with Crippen LogP contribution >= 0.6 is 0 Å².